The van der Waals surface area contributed by atoms with Gasteiger partial charge in [0.25, 0.3) is 0 Å². The summed E-state index contributed by atoms with van der Waals surface area (Å²) in [4.78, 5) is 12.7. The molecule has 0 aliphatic rings. The van der Waals surface area contributed by atoms with Crippen LogP contribution in [0.3, 0.4) is 0 Å². The zero-order chi connectivity index (χ0) is 22.7. The number of carbonyl (C=O) groups excluding carboxylic acids is 1. The normalized spacial score (nSPS) is 11.5. The molecule has 4 heteroatoms. The van der Waals surface area contributed by atoms with E-state index in [2.05, 4.69) is 63.2 Å². The lowest BCUT2D eigenvalue weighted by molar-refractivity contribution is 0.0599. The number of carbonyl (C=O) groups is 1. The zero-order valence-electron chi connectivity index (χ0n) is 18.9. The second-order valence-electron chi connectivity index (χ2n) is 8.78. The van der Waals surface area contributed by atoms with E-state index in [-0.39, 0.29) is 5.41 Å². The number of hydrogen-bond donors (Lipinski definition) is 0. The van der Waals surface area contributed by atoms with Crippen molar-refractivity contribution in [2.75, 3.05) is 7.11 Å². The van der Waals surface area contributed by atoms with Crippen LogP contribution in [0, 0.1) is 0 Å². The summed E-state index contributed by atoms with van der Waals surface area (Å²) in [6.45, 7) is 6.58. The van der Waals surface area contributed by atoms with Gasteiger partial charge in [0.15, 0.2) is 0 Å². The summed E-state index contributed by atoms with van der Waals surface area (Å²) in [7, 11) is -0.249. The van der Waals surface area contributed by atoms with Crippen molar-refractivity contribution in [3.63, 3.8) is 0 Å². The largest absolute Gasteiger partial charge is 0.532 e. The van der Waals surface area contributed by atoms with E-state index in [0.29, 0.717) is 11.3 Å². The van der Waals surface area contributed by atoms with Crippen LogP contribution in [-0.2, 0) is 10.2 Å². The van der Waals surface area contributed by atoms with Gasteiger partial charge in [-0.25, -0.2) is 4.79 Å². The van der Waals surface area contributed by atoms with Crippen LogP contribution >= 0.6 is 0 Å². The van der Waals surface area contributed by atoms with Crippen molar-refractivity contribution in [3.05, 3.63) is 102 Å². The van der Waals surface area contributed by atoms with Gasteiger partial charge in [-0.3, -0.25) is 0 Å². The maximum absolute atomic E-state index is 12.7. The lowest BCUT2D eigenvalue weighted by atomic mass is 9.85. The van der Waals surface area contributed by atoms with Gasteiger partial charge in [0.1, 0.15) is 11.3 Å². The van der Waals surface area contributed by atoms with Gasteiger partial charge >= 0.3 is 15.0 Å². The van der Waals surface area contributed by atoms with Crippen LogP contribution in [0.25, 0.3) is 10.8 Å². The highest BCUT2D eigenvalue weighted by molar-refractivity contribution is 6.80. The Labute approximate surface area is 191 Å². The van der Waals surface area contributed by atoms with Crippen LogP contribution in [0.1, 0.15) is 36.7 Å². The molecule has 4 aromatic carbocycles. The summed E-state index contributed by atoms with van der Waals surface area (Å²) >= 11 is 0. The SMILES string of the molecule is COC(=O)c1ccc2cc(C(C)(C)C)ccc2c1O[Si](c1ccccc1)c1ccccc1. The molecule has 3 nitrogen and oxygen atoms in total. The number of esters is 1. The number of benzene rings is 4. The van der Waals surface area contributed by atoms with Gasteiger partial charge in [0.05, 0.1) is 7.11 Å². The average molecular weight is 440 g/mol. The van der Waals surface area contributed by atoms with E-state index in [9.17, 15) is 4.79 Å². The summed E-state index contributed by atoms with van der Waals surface area (Å²) in [6.07, 6.45) is 0. The third-order valence-corrected chi connectivity index (χ3v) is 7.64. The molecule has 0 saturated carbocycles. The molecule has 0 aliphatic heterocycles. The number of rotatable bonds is 5. The third-order valence-electron chi connectivity index (χ3n) is 5.52. The third kappa shape index (κ3) is 4.46. The van der Waals surface area contributed by atoms with Crippen molar-refractivity contribution in [1.29, 1.82) is 0 Å². The van der Waals surface area contributed by atoms with E-state index in [1.807, 2.05) is 48.5 Å². The molecule has 0 aliphatic carbocycles. The van der Waals surface area contributed by atoms with Crippen LogP contribution in [-0.4, -0.2) is 22.1 Å². The van der Waals surface area contributed by atoms with E-state index in [0.717, 1.165) is 21.1 Å². The van der Waals surface area contributed by atoms with Gasteiger partial charge in [-0.15, -0.1) is 0 Å². The van der Waals surface area contributed by atoms with Gasteiger partial charge in [0, 0.05) is 5.39 Å². The molecule has 0 fully saturated rings. The van der Waals surface area contributed by atoms with Crippen molar-refractivity contribution in [2.24, 2.45) is 0 Å². The van der Waals surface area contributed by atoms with Gasteiger partial charge in [-0.2, -0.15) is 0 Å². The maximum Gasteiger partial charge on any atom is 0.352 e. The molecule has 0 heterocycles. The molecule has 32 heavy (non-hydrogen) atoms. The Morgan fingerprint density at radius 3 is 1.91 bits per heavy atom. The summed E-state index contributed by atoms with van der Waals surface area (Å²) in [5.74, 6) is 0.181. The summed E-state index contributed by atoms with van der Waals surface area (Å²) < 4.78 is 11.9. The molecule has 161 valence electrons. The highest BCUT2D eigenvalue weighted by atomic mass is 28.3. The Morgan fingerprint density at radius 2 is 1.38 bits per heavy atom. The minimum absolute atomic E-state index is 0.0270. The fraction of sp³-hybridized carbons (Fsp3) is 0.179. The van der Waals surface area contributed by atoms with Crippen molar-refractivity contribution >= 4 is 36.2 Å². The standard InChI is InChI=1S/C28H27O3Si/c1-28(2,3)21-16-18-24-20(19-21)15-17-25(27(29)30-4)26(24)31-32(22-11-7-5-8-12-22)23-13-9-6-10-14-23/h5-19H,1-4H3. The Morgan fingerprint density at radius 1 is 0.781 bits per heavy atom. The Bertz CT molecular complexity index is 1190. The first-order valence-electron chi connectivity index (χ1n) is 10.7. The second-order valence-corrected chi connectivity index (χ2v) is 10.8. The summed E-state index contributed by atoms with van der Waals surface area (Å²) in [6, 6.07) is 30.6. The molecule has 0 atom stereocenters. The molecule has 0 aromatic heterocycles. The predicted octanol–water partition coefficient (Wildman–Crippen LogP) is 5.11. The Balaban J connectivity index is 1.90. The van der Waals surface area contributed by atoms with Gasteiger partial charge < -0.3 is 9.16 Å². The minimum atomic E-state index is -1.65. The smallest absolute Gasteiger partial charge is 0.352 e. The fourth-order valence-corrected chi connectivity index (χ4v) is 5.70. The summed E-state index contributed by atoms with van der Waals surface area (Å²) in [5.41, 5.74) is 1.70. The van der Waals surface area contributed by atoms with Crippen LogP contribution in [0.2, 0.25) is 0 Å². The van der Waals surface area contributed by atoms with Gasteiger partial charge in [-0.05, 0) is 32.8 Å². The monoisotopic (exact) mass is 439 g/mol. The number of methoxy groups -OCH3 is 1. The molecule has 0 unspecified atom stereocenters. The van der Waals surface area contributed by atoms with Crippen LogP contribution in [0.15, 0.2) is 91.0 Å². The molecular formula is C28H27O3Si. The van der Waals surface area contributed by atoms with Crippen molar-refractivity contribution in [2.45, 2.75) is 26.2 Å². The maximum atomic E-state index is 12.7. The molecular weight excluding hydrogens is 412 g/mol. The van der Waals surface area contributed by atoms with Crippen molar-refractivity contribution in [1.82, 2.24) is 0 Å². The first-order chi connectivity index (χ1) is 15.4. The molecule has 0 spiro atoms. The van der Waals surface area contributed by atoms with Crippen LogP contribution in [0.4, 0.5) is 0 Å². The fourth-order valence-electron chi connectivity index (χ4n) is 3.71. The van der Waals surface area contributed by atoms with Crippen LogP contribution in [0.5, 0.6) is 5.75 Å². The van der Waals surface area contributed by atoms with Crippen molar-refractivity contribution < 1.29 is 14.0 Å². The first-order valence-corrected chi connectivity index (χ1v) is 12.1. The van der Waals surface area contributed by atoms with Crippen molar-refractivity contribution in [3.8, 4) is 5.75 Å². The molecule has 0 N–H and O–H groups in total. The van der Waals surface area contributed by atoms with Gasteiger partial charge in [-0.1, -0.05) is 106 Å². The topological polar surface area (TPSA) is 35.5 Å². The minimum Gasteiger partial charge on any atom is -0.532 e. The number of hydrogen-bond acceptors (Lipinski definition) is 3. The molecule has 1 radical (unpaired) electrons. The highest BCUT2D eigenvalue weighted by Gasteiger charge is 2.26. The average Bonchev–Trinajstić information content (AvgIpc) is 2.82. The Hall–Kier alpha value is -3.37. The molecule has 4 aromatic rings. The van der Waals surface area contributed by atoms with E-state index in [1.54, 1.807) is 0 Å². The quantitative estimate of drug-likeness (QED) is 0.320. The molecule has 0 saturated heterocycles. The lowest BCUT2D eigenvalue weighted by Gasteiger charge is -2.23. The molecule has 0 bridgehead atoms. The predicted molar refractivity (Wildman–Crippen MR) is 133 cm³/mol. The zero-order valence-corrected chi connectivity index (χ0v) is 19.9. The number of fused-ring (bicyclic) bond motifs is 1. The first kappa shape index (κ1) is 21.8. The lowest BCUT2D eigenvalue weighted by Crippen LogP contribution is -2.47. The van der Waals surface area contributed by atoms with E-state index in [4.69, 9.17) is 9.16 Å². The number of ether oxygens (including phenoxy) is 1. The Kier molecular flexibility index (Phi) is 6.15. The molecule has 4 rings (SSSR count). The summed E-state index contributed by atoms with van der Waals surface area (Å²) in [5, 5.41) is 4.18. The van der Waals surface area contributed by atoms with Gasteiger partial charge in [0.2, 0.25) is 0 Å². The van der Waals surface area contributed by atoms with E-state index < -0.39 is 15.0 Å². The highest BCUT2D eigenvalue weighted by Crippen LogP contribution is 2.34. The second kappa shape index (κ2) is 9.01. The van der Waals surface area contributed by atoms with E-state index >= 15 is 0 Å². The van der Waals surface area contributed by atoms with Crippen LogP contribution < -0.4 is 14.8 Å². The van der Waals surface area contributed by atoms with E-state index in [1.165, 1.54) is 12.7 Å². The molecule has 0 amide bonds.